The number of carboxylic acid groups (broad SMARTS) is 1. The minimum Gasteiger partial charge on any atom is -0.481 e. The lowest BCUT2D eigenvalue weighted by molar-refractivity contribution is -0.151. The second-order valence-corrected chi connectivity index (χ2v) is 7.10. The van der Waals surface area contributed by atoms with Crippen molar-refractivity contribution >= 4 is 11.9 Å². The molecule has 2 heterocycles. The summed E-state index contributed by atoms with van der Waals surface area (Å²) >= 11 is 0. The fourth-order valence-corrected chi connectivity index (χ4v) is 4.19. The van der Waals surface area contributed by atoms with Gasteiger partial charge in [-0.1, -0.05) is 12.1 Å². The highest BCUT2D eigenvalue weighted by molar-refractivity contribution is 5.80. The van der Waals surface area contributed by atoms with Crippen molar-refractivity contribution in [3.8, 4) is 0 Å². The van der Waals surface area contributed by atoms with Gasteiger partial charge in [-0.3, -0.25) is 9.59 Å². The molecule has 0 spiro atoms. The summed E-state index contributed by atoms with van der Waals surface area (Å²) in [6.45, 7) is 2.27. The lowest BCUT2D eigenvalue weighted by Crippen LogP contribution is -2.43. The number of nitrogens with zero attached hydrogens (tertiary/aromatic N) is 2. The first-order chi connectivity index (χ1) is 11.4. The van der Waals surface area contributed by atoms with Crippen LogP contribution in [0.1, 0.15) is 18.4 Å². The third kappa shape index (κ3) is 3.15. The zero-order valence-corrected chi connectivity index (χ0v) is 13.9. The van der Waals surface area contributed by atoms with E-state index in [1.54, 1.807) is 17.0 Å². The predicted octanol–water partition coefficient (Wildman–Crippen LogP) is 1.62. The Labute approximate surface area is 141 Å². The Morgan fingerprint density at radius 1 is 1.38 bits per heavy atom. The van der Waals surface area contributed by atoms with E-state index in [4.69, 9.17) is 0 Å². The van der Waals surface area contributed by atoms with Crippen LogP contribution in [0, 0.1) is 17.2 Å². The van der Waals surface area contributed by atoms with Gasteiger partial charge in [-0.2, -0.15) is 0 Å². The van der Waals surface area contributed by atoms with Gasteiger partial charge in [-0.25, -0.2) is 4.39 Å². The monoisotopic (exact) mass is 334 g/mol. The Balaban J connectivity index is 1.74. The Morgan fingerprint density at radius 3 is 2.88 bits per heavy atom. The van der Waals surface area contributed by atoms with Gasteiger partial charge in [0, 0.05) is 32.1 Å². The third-order valence-corrected chi connectivity index (χ3v) is 5.38. The van der Waals surface area contributed by atoms with Crippen molar-refractivity contribution in [2.75, 3.05) is 33.2 Å². The molecule has 24 heavy (non-hydrogen) atoms. The van der Waals surface area contributed by atoms with E-state index in [0.717, 1.165) is 0 Å². The number of fused-ring (bicyclic) bond motifs is 1. The standard InChI is InChI=1S/C18H23FN2O3/c1-20-10-14-11-21(7-3-6-18(14,12-20)17(23)24)16(22)9-13-4-2-5-15(19)8-13/h2,4-5,8,14H,3,6-7,9-12H2,1H3,(H,23,24)/t14-,18+/m0/s1. The van der Waals surface area contributed by atoms with Crippen LogP contribution in [-0.2, 0) is 16.0 Å². The van der Waals surface area contributed by atoms with Gasteiger partial charge < -0.3 is 14.9 Å². The number of benzene rings is 1. The molecular formula is C18H23FN2O3. The largest absolute Gasteiger partial charge is 0.481 e. The van der Waals surface area contributed by atoms with E-state index in [1.165, 1.54) is 12.1 Å². The third-order valence-electron chi connectivity index (χ3n) is 5.38. The van der Waals surface area contributed by atoms with E-state index in [0.29, 0.717) is 44.6 Å². The van der Waals surface area contributed by atoms with E-state index in [-0.39, 0.29) is 24.1 Å². The SMILES string of the molecule is CN1C[C@H]2CN(C(=O)Cc3cccc(F)c3)CCC[C@@]2(C(=O)O)C1. The van der Waals surface area contributed by atoms with Crippen LogP contribution >= 0.6 is 0 Å². The zero-order valence-electron chi connectivity index (χ0n) is 13.9. The van der Waals surface area contributed by atoms with Gasteiger partial charge in [0.05, 0.1) is 11.8 Å². The van der Waals surface area contributed by atoms with Gasteiger partial charge in [0.25, 0.3) is 0 Å². The van der Waals surface area contributed by atoms with Crippen molar-refractivity contribution in [1.29, 1.82) is 0 Å². The van der Waals surface area contributed by atoms with E-state index >= 15 is 0 Å². The van der Waals surface area contributed by atoms with Gasteiger partial charge >= 0.3 is 5.97 Å². The van der Waals surface area contributed by atoms with Crippen LogP contribution in [0.4, 0.5) is 4.39 Å². The van der Waals surface area contributed by atoms with Crippen molar-refractivity contribution < 1.29 is 19.1 Å². The molecule has 2 atom stereocenters. The number of rotatable bonds is 3. The molecule has 0 saturated carbocycles. The average molecular weight is 334 g/mol. The van der Waals surface area contributed by atoms with Crippen LogP contribution in [0.5, 0.6) is 0 Å². The van der Waals surface area contributed by atoms with Crippen molar-refractivity contribution in [3.63, 3.8) is 0 Å². The van der Waals surface area contributed by atoms with Crippen LogP contribution in [0.3, 0.4) is 0 Å². The molecular weight excluding hydrogens is 311 g/mol. The first kappa shape index (κ1) is 16.9. The number of carbonyl (C=O) groups is 2. The summed E-state index contributed by atoms with van der Waals surface area (Å²) in [5.74, 6) is -1.22. The molecule has 2 saturated heterocycles. The normalized spacial score (nSPS) is 27.6. The molecule has 5 nitrogen and oxygen atoms in total. The maximum Gasteiger partial charge on any atom is 0.311 e. The van der Waals surface area contributed by atoms with E-state index < -0.39 is 11.4 Å². The van der Waals surface area contributed by atoms with E-state index in [1.807, 2.05) is 11.9 Å². The fraction of sp³-hybridized carbons (Fsp3) is 0.556. The van der Waals surface area contributed by atoms with Gasteiger partial charge in [-0.15, -0.1) is 0 Å². The van der Waals surface area contributed by atoms with Crippen molar-refractivity contribution in [2.24, 2.45) is 11.3 Å². The highest BCUT2D eigenvalue weighted by Gasteiger charge is 2.52. The summed E-state index contributed by atoms with van der Waals surface area (Å²) in [6, 6.07) is 6.07. The smallest absolute Gasteiger partial charge is 0.311 e. The van der Waals surface area contributed by atoms with E-state index in [9.17, 15) is 19.1 Å². The van der Waals surface area contributed by atoms with Crippen molar-refractivity contribution in [1.82, 2.24) is 9.80 Å². The summed E-state index contributed by atoms with van der Waals surface area (Å²) in [6.07, 6.45) is 1.44. The number of aliphatic carboxylic acids is 1. The molecule has 1 aromatic carbocycles. The molecule has 2 aliphatic heterocycles. The highest BCUT2D eigenvalue weighted by atomic mass is 19.1. The molecule has 0 aromatic heterocycles. The number of halogens is 1. The second-order valence-electron chi connectivity index (χ2n) is 7.10. The van der Waals surface area contributed by atoms with Crippen LogP contribution in [0.25, 0.3) is 0 Å². The van der Waals surface area contributed by atoms with Crippen molar-refractivity contribution in [3.05, 3.63) is 35.6 Å². The molecule has 1 N–H and O–H groups in total. The second kappa shape index (κ2) is 6.51. The zero-order chi connectivity index (χ0) is 17.3. The minimum atomic E-state index is -0.753. The number of carbonyl (C=O) groups excluding carboxylic acids is 1. The molecule has 1 amide bonds. The van der Waals surface area contributed by atoms with Crippen LogP contribution in [0.15, 0.2) is 24.3 Å². The summed E-state index contributed by atoms with van der Waals surface area (Å²) in [5.41, 5.74) is -0.0971. The average Bonchev–Trinajstić information content (AvgIpc) is 2.71. The topological polar surface area (TPSA) is 60.9 Å². The number of amides is 1. The quantitative estimate of drug-likeness (QED) is 0.913. The molecule has 0 aliphatic carbocycles. The van der Waals surface area contributed by atoms with Crippen LogP contribution in [0.2, 0.25) is 0 Å². The first-order valence-corrected chi connectivity index (χ1v) is 8.35. The summed E-state index contributed by atoms with van der Waals surface area (Å²) in [4.78, 5) is 28.3. The predicted molar refractivity (Wildman–Crippen MR) is 87.0 cm³/mol. The summed E-state index contributed by atoms with van der Waals surface area (Å²) < 4.78 is 13.3. The molecule has 0 bridgehead atoms. The summed E-state index contributed by atoms with van der Waals surface area (Å²) in [5, 5.41) is 9.76. The van der Waals surface area contributed by atoms with Gasteiger partial charge in [0.1, 0.15) is 5.82 Å². The van der Waals surface area contributed by atoms with Gasteiger partial charge in [0.15, 0.2) is 0 Å². The molecule has 6 heteroatoms. The number of hydrogen-bond acceptors (Lipinski definition) is 3. The molecule has 0 radical (unpaired) electrons. The minimum absolute atomic E-state index is 0.0565. The number of likely N-dealkylation sites (tertiary alicyclic amines) is 2. The first-order valence-electron chi connectivity index (χ1n) is 8.35. The van der Waals surface area contributed by atoms with Gasteiger partial charge in [-0.05, 0) is 37.6 Å². The molecule has 2 aliphatic rings. The van der Waals surface area contributed by atoms with Crippen LogP contribution in [-0.4, -0.2) is 60.0 Å². The molecule has 0 unspecified atom stereocenters. The molecule has 3 rings (SSSR count). The lowest BCUT2D eigenvalue weighted by atomic mass is 9.75. The molecule has 2 fully saturated rings. The number of hydrogen-bond donors (Lipinski definition) is 1. The molecule has 130 valence electrons. The Kier molecular flexibility index (Phi) is 4.58. The van der Waals surface area contributed by atoms with Crippen LogP contribution < -0.4 is 0 Å². The highest BCUT2D eigenvalue weighted by Crippen LogP contribution is 2.42. The van der Waals surface area contributed by atoms with Gasteiger partial charge in [0.2, 0.25) is 5.91 Å². The summed E-state index contributed by atoms with van der Waals surface area (Å²) in [7, 11) is 1.93. The van der Waals surface area contributed by atoms with Crippen molar-refractivity contribution in [2.45, 2.75) is 19.3 Å². The molecule has 1 aromatic rings. The Morgan fingerprint density at radius 2 is 2.17 bits per heavy atom. The Bertz CT molecular complexity index is 651. The number of carboxylic acids is 1. The van der Waals surface area contributed by atoms with E-state index in [2.05, 4.69) is 0 Å². The fourth-order valence-electron chi connectivity index (χ4n) is 4.19. The Hall–Kier alpha value is -1.95. The lowest BCUT2D eigenvalue weighted by Gasteiger charge is -2.29. The maximum atomic E-state index is 13.3. The maximum absolute atomic E-state index is 13.3.